The Hall–Kier alpha value is -3.31. The molecule has 1 amide bonds. The van der Waals surface area contributed by atoms with Gasteiger partial charge in [0, 0.05) is 5.56 Å². The lowest BCUT2D eigenvalue weighted by Gasteiger charge is -2.32. The van der Waals surface area contributed by atoms with Crippen molar-refractivity contribution in [2.24, 2.45) is 0 Å². The molecule has 154 valence electrons. The van der Waals surface area contributed by atoms with E-state index in [1.165, 1.54) is 10.5 Å². The summed E-state index contributed by atoms with van der Waals surface area (Å²) in [5.41, 5.74) is 1.24. The molecule has 0 saturated carbocycles. The number of para-hydroxylation sites is 2. The highest BCUT2D eigenvalue weighted by Crippen LogP contribution is 2.21. The van der Waals surface area contributed by atoms with E-state index in [2.05, 4.69) is 12.1 Å². The molecule has 0 spiro atoms. The average Bonchev–Trinajstić information content (AvgIpc) is 2.80. The van der Waals surface area contributed by atoms with E-state index >= 15 is 0 Å². The highest BCUT2D eigenvalue weighted by Gasteiger charge is 2.24. The molecule has 0 radical (unpaired) electrons. The number of hydrogen-bond acceptors (Lipinski definition) is 3. The van der Waals surface area contributed by atoms with E-state index in [0.29, 0.717) is 0 Å². The molecule has 0 unspecified atom stereocenters. The summed E-state index contributed by atoms with van der Waals surface area (Å²) in [4.78, 5) is 15.8. The van der Waals surface area contributed by atoms with E-state index in [-0.39, 0.29) is 12.5 Å². The van der Waals surface area contributed by atoms with Crippen LogP contribution in [0.4, 0.5) is 0 Å². The van der Waals surface area contributed by atoms with Crippen LogP contribution in [0.15, 0.2) is 84.9 Å². The van der Waals surface area contributed by atoms with Gasteiger partial charge >= 0.3 is 0 Å². The van der Waals surface area contributed by atoms with Gasteiger partial charge in [-0.05, 0) is 36.4 Å². The molecule has 0 aliphatic carbocycles. The Labute approximate surface area is 177 Å². The fraction of sp³-hybridized carbons (Fsp3) is 0.240. The van der Waals surface area contributed by atoms with Gasteiger partial charge in [0.1, 0.15) is 23.8 Å². The largest absolute Gasteiger partial charge is 0.484 e. The number of nitrogens with one attached hydrogen (secondary N) is 1. The number of quaternary nitrogens is 1. The van der Waals surface area contributed by atoms with Crippen LogP contribution >= 0.6 is 0 Å². The summed E-state index contributed by atoms with van der Waals surface area (Å²) in [5, 5.41) is 0. The Morgan fingerprint density at radius 3 is 2.13 bits per heavy atom. The molecule has 1 fully saturated rings. The van der Waals surface area contributed by atoms with Crippen molar-refractivity contribution in [2.75, 3.05) is 32.8 Å². The van der Waals surface area contributed by atoms with E-state index in [1.54, 1.807) is 0 Å². The molecule has 0 aromatic heterocycles. The number of rotatable bonds is 7. The summed E-state index contributed by atoms with van der Waals surface area (Å²) < 4.78 is 11.5. The summed E-state index contributed by atoms with van der Waals surface area (Å²) in [5.74, 6) is 2.47. The quantitative estimate of drug-likeness (QED) is 0.660. The molecule has 0 atom stereocenters. The molecule has 1 N–H and O–H groups in total. The van der Waals surface area contributed by atoms with Crippen LogP contribution in [0, 0.1) is 0 Å². The number of amides is 1. The maximum atomic E-state index is 12.4. The van der Waals surface area contributed by atoms with E-state index in [9.17, 15) is 4.79 Å². The normalized spacial score (nSPS) is 14.3. The van der Waals surface area contributed by atoms with Crippen molar-refractivity contribution in [3.05, 3.63) is 90.5 Å². The van der Waals surface area contributed by atoms with Crippen LogP contribution < -0.4 is 14.4 Å². The van der Waals surface area contributed by atoms with Crippen LogP contribution in [0.1, 0.15) is 5.56 Å². The first kappa shape index (κ1) is 20.0. The van der Waals surface area contributed by atoms with Gasteiger partial charge in [0.15, 0.2) is 6.61 Å². The SMILES string of the molecule is O=C(COc1ccccc1)N1CC[NH+](Cc2cccc(Oc3ccccc3)c2)CC1. The topological polar surface area (TPSA) is 43.2 Å². The fourth-order valence-electron chi connectivity index (χ4n) is 3.63. The van der Waals surface area contributed by atoms with Crippen molar-refractivity contribution in [3.8, 4) is 17.2 Å². The Morgan fingerprint density at radius 2 is 1.43 bits per heavy atom. The van der Waals surface area contributed by atoms with Crippen molar-refractivity contribution in [1.82, 2.24) is 4.90 Å². The summed E-state index contributed by atoms with van der Waals surface area (Å²) in [6.07, 6.45) is 0. The molecule has 3 aromatic carbocycles. The van der Waals surface area contributed by atoms with E-state index < -0.39 is 0 Å². The zero-order chi connectivity index (χ0) is 20.6. The van der Waals surface area contributed by atoms with Gasteiger partial charge in [0.2, 0.25) is 0 Å². The maximum Gasteiger partial charge on any atom is 0.260 e. The third kappa shape index (κ3) is 5.61. The second-order valence-corrected chi connectivity index (χ2v) is 7.47. The van der Waals surface area contributed by atoms with Gasteiger partial charge in [-0.15, -0.1) is 0 Å². The van der Waals surface area contributed by atoms with Crippen LogP contribution in [0.25, 0.3) is 0 Å². The number of ether oxygens (including phenoxy) is 2. The molecule has 1 heterocycles. The molecule has 5 heteroatoms. The minimum absolute atomic E-state index is 0.0520. The molecule has 4 rings (SSSR count). The Kier molecular flexibility index (Phi) is 6.62. The second-order valence-electron chi connectivity index (χ2n) is 7.47. The lowest BCUT2D eigenvalue weighted by molar-refractivity contribution is -0.917. The number of carbonyl (C=O) groups is 1. The number of carbonyl (C=O) groups excluding carboxylic acids is 1. The Balaban J connectivity index is 1.24. The number of hydrogen-bond donors (Lipinski definition) is 1. The lowest BCUT2D eigenvalue weighted by Crippen LogP contribution is -3.13. The van der Waals surface area contributed by atoms with Gasteiger partial charge in [0.25, 0.3) is 5.91 Å². The number of benzene rings is 3. The standard InChI is InChI=1S/C25H26N2O3/c28-25(20-29-22-9-3-1-4-10-22)27-16-14-26(15-17-27)19-21-8-7-13-24(18-21)30-23-11-5-2-6-12-23/h1-13,18H,14-17,19-20H2/p+1. The maximum absolute atomic E-state index is 12.4. The van der Waals surface area contributed by atoms with Crippen molar-refractivity contribution >= 4 is 5.91 Å². The predicted molar refractivity (Wildman–Crippen MR) is 116 cm³/mol. The summed E-state index contributed by atoms with van der Waals surface area (Å²) in [6, 6.07) is 27.5. The first-order valence-corrected chi connectivity index (χ1v) is 10.4. The number of nitrogens with zero attached hydrogens (tertiary/aromatic N) is 1. The molecule has 30 heavy (non-hydrogen) atoms. The van der Waals surface area contributed by atoms with Crippen LogP contribution in [0.3, 0.4) is 0 Å². The zero-order valence-corrected chi connectivity index (χ0v) is 17.0. The van der Waals surface area contributed by atoms with Crippen molar-refractivity contribution in [1.29, 1.82) is 0 Å². The van der Waals surface area contributed by atoms with E-state index in [0.717, 1.165) is 50.0 Å². The highest BCUT2D eigenvalue weighted by molar-refractivity contribution is 5.77. The molecule has 1 aliphatic rings. The highest BCUT2D eigenvalue weighted by atomic mass is 16.5. The molecule has 1 aliphatic heterocycles. The average molecular weight is 404 g/mol. The third-order valence-corrected chi connectivity index (χ3v) is 5.26. The van der Waals surface area contributed by atoms with Crippen molar-refractivity contribution < 1.29 is 19.2 Å². The van der Waals surface area contributed by atoms with Gasteiger partial charge in [-0.3, -0.25) is 4.79 Å². The smallest absolute Gasteiger partial charge is 0.260 e. The van der Waals surface area contributed by atoms with Crippen molar-refractivity contribution in [3.63, 3.8) is 0 Å². The Bertz CT molecular complexity index is 939. The van der Waals surface area contributed by atoms with Gasteiger partial charge in [0.05, 0.1) is 26.2 Å². The third-order valence-electron chi connectivity index (χ3n) is 5.26. The zero-order valence-electron chi connectivity index (χ0n) is 17.0. The second kappa shape index (κ2) is 9.94. The first-order valence-electron chi connectivity index (χ1n) is 10.4. The van der Waals surface area contributed by atoms with Crippen molar-refractivity contribution in [2.45, 2.75) is 6.54 Å². The first-order chi connectivity index (χ1) is 14.8. The summed E-state index contributed by atoms with van der Waals surface area (Å²) >= 11 is 0. The number of piperazine rings is 1. The molecular formula is C25H27N2O3+. The van der Waals surface area contributed by atoms with Crippen LogP contribution in [0.5, 0.6) is 17.2 Å². The molecule has 0 bridgehead atoms. The van der Waals surface area contributed by atoms with Gasteiger partial charge < -0.3 is 19.3 Å². The summed E-state index contributed by atoms with van der Waals surface area (Å²) in [7, 11) is 0. The van der Waals surface area contributed by atoms with Gasteiger partial charge in [-0.25, -0.2) is 0 Å². The van der Waals surface area contributed by atoms with E-state index in [4.69, 9.17) is 9.47 Å². The lowest BCUT2D eigenvalue weighted by atomic mass is 10.2. The minimum Gasteiger partial charge on any atom is -0.484 e. The molecular weight excluding hydrogens is 376 g/mol. The molecule has 5 nitrogen and oxygen atoms in total. The minimum atomic E-state index is 0.0520. The van der Waals surface area contributed by atoms with Gasteiger partial charge in [-0.2, -0.15) is 0 Å². The molecule has 3 aromatic rings. The van der Waals surface area contributed by atoms with Crippen LogP contribution in [-0.4, -0.2) is 43.6 Å². The fourth-order valence-corrected chi connectivity index (χ4v) is 3.63. The van der Waals surface area contributed by atoms with Crippen LogP contribution in [-0.2, 0) is 11.3 Å². The molecule has 1 saturated heterocycles. The van der Waals surface area contributed by atoms with Gasteiger partial charge in [-0.1, -0.05) is 48.5 Å². The predicted octanol–water partition coefficient (Wildman–Crippen LogP) is 2.79. The monoisotopic (exact) mass is 403 g/mol. The Morgan fingerprint density at radius 1 is 0.800 bits per heavy atom. The van der Waals surface area contributed by atoms with Crippen LogP contribution in [0.2, 0.25) is 0 Å². The summed E-state index contributed by atoms with van der Waals surface area (Å²) in [6.45, 7) is 4.40. The van der Waals surface area contributed by atoms with E-state index in [1.807, 2.05) is 77.7 Å².